The second-order valence-electron chi connectivity index (χ2n) is 9.09. The number of benzene rings is 1. The molecule has 1 amide bonds. The lowest BCUT2D eigenvalue weighted by molar-refractivity contribution is 0.103. The van der Waals surface area contributed by atoms with E-state index in [0.29, 0.717) is 45.1 Å². The number of anilines is 5. The molecule has 0 unspecified atom stereocenters. The average Bonchev–Trinajstić information content (AvgIpc) is 3.40. The van der Waals surface area contributed by atoms with E-state index >= 15 is 0 Å². The number of aryl methyl sites for hydroxylation is 1. The molecule has 1 aromatic carbocycles. The fourth-order valence-corrected chi connectivity index (χ4v) is 5.34. The largest absolute Gasteiger partial charge is 0.395 e. The molecule has 2 saturated heterocycles. The van der Waals surface area contributed by atoms with E-state index in [2.05, 4.69) is 40.6 Å². The molecule has 0 aliphatic carbocycles. The number of hydrogen-bond acceptors (Lipinski definition) is 12. The molecule has 0 saturated carbocycles. The highest BCUT2D eigenvalue weighted by Crippen LogP contribution is 2.28. The Morgan fingerprint density at radius 2 is 1.79 bits per heavy atom. The highest BCUT2D eigenvalue weighted by molar-refractivity contribution is 7.17. The topological polar surface area (TPSA) is 135 Å². The van der Waals surface area contributed by atoms with Gasteiger partial charge in [-0.1, -0.05) is 35.1 Å². The second kappa shape index (κ2) is 12.2. The van der Waals surface area contributed by atoms with Crippen LogP contribution in [-0.4, -0.2) is 101 Å². The first-order valence-electron chi connectivity index (χ1n) is 12.6. The molecule has 0 radical (unpaired) electrons. The van der Waals surface area contributed by atoms with Gasteiger partial charge in [-0.2, -0.15) is 15.0 Å². The predicted octanol–water partition coefficient (Wildman–Crippen LogP) is 1.81. The third-order valence-corrected chi connectivity index (χ3v) is 7.72. The number of amides is 1. The summed E-state index contributed by atoms with van der Waals surface area (Å²) in [6, 6.07) is 5.47. The van der Waals surface area contributed by atoms with Crippen molar-refractivity contribution in [1.29, 1.82) is 0 Å². The van der Waals surface area contributed by atoms with Crippen molar-refractivity contribution in [1.82, 2.24) is 30.2 Å². The fourth-order valence-electron chi connectivity index (χ4n) is 4.37. The Labute approximate surface area is 230 Å². The minimum atomic E-state index is -0.287. The molecule has 2 aromatic heterocycles. The van der Waals surface area contributed by atoms with Crippen LogP contribution in [0, 0.1) is 6.92 Å². The van der Waals surface area contributed by atoms with E-state index < -0.39 is 0 Å². The molecule has 2 aliphatic rings. The van der Waals surface area contributed by atoms with E-state index in [9.17, 15) is 9.90 Å². The molecule has 0 atom stereocenters. The maximum Gasteiger partial charge on any atom is 0.267 e. The zero-order chi connectivity index (χ0) is 26.5. The monoisotopic (exact) mass is 558 g/mol. The normalized spacial score (nSPS) is 16.5. The van der Waals surface area contributed by atoms with Crippen LogP contribution in [0.4, 0.5) is 28.7 Å². The van der Waals surface area contributed by atoms with Crippen molar-refractivity contribution in [3.8, 4) is 0 Å². The van der Waals surface area contributed by atoms with Crippen LogP contribution in [0.2, 0.25) is 5.02 Å². The number of aromatic nitrogens is 4. The van der Waals surface area contributed by atoms with Crippen molar-refractivity contribution in [2.45, 2.75) is 6.92 Å². The average molecular weight is 559 g/mol. The Morgan fingerprint density at radius 1 is 1.08 bits per heavy atom. The van der Waals surface area contributed by atoms with Crippen LogP contribution < -0.4 is 25.8 Å². The van der Waals surface area contributed by atoms with Gasteiger partial charge in [0.15, 0.2) is 5.13 Å². The molecule has 4 heterocycles. The van der Waals surface area contributed by atoms with Gasteiger partial charge in [-0.15, -0.1) is 0 Å². The van der Waals surface area contributed by atoms with Crippen LogP contribution in [0.25, 0.3) is 0 Å². The van der Waals surface area contributed by atoms with E-state index in [-0.39, 0.29) is 12.5 Å². The lowest BCUT2D eigenvalue weighted by Gasteiger charge is -2.35. The molecule has 0 spiro atoms. The summed E-state index contributed by atoms with van der Waals surface area (Å²) in [6.45, 7) is 9.20. The molecule has 0 bridgehead atoms. The minimum absolute atomic E-state index is 0.152. The number of piperazine rings is 2. The number of aliphatic hydroxyl groups is 1. The number of aliphatic hydroxyl groups excluding tert-OH is 1. The van der Waals surface area contributed by atoms with Crippen molar-refractivity contribution >= 4 is 57.5 Å². The van der Waals surface area contributed by atoms with Gasteiger partial charge in [-0.3, -0.25) is 15.0 Å². The molecule has 5 rings (SSSR count). The maximum atomic E-state index is 12.9. The van der Waals surface area contributed by atoms with Gasteiger partial charge in [0.1, 0.15) is 4.88 Å². The number of carbonyl (C=O) groups is 1. The van der Waals surface area contributed by atoms with Crippen molar-refractivity contribution in [3.63, 3.8) is 0 Å². The summed E-state index contributed by atoms with van der Waals surface area (Å²) in [5.74, 6) is 1.30. The smallest absolute Gasteiger partial charge is 0.267 e. The lowest BCUT2D eigenvalue weighted by atomic mass is 10.2. The summed E-state index contributed by atoms with van der Waals surface area (Å²) in [4.78, 5) is 38.4. The van der Waals surface area contributed by atoms with Gasteiger partial charge in [-0.25, -0.2) is 4.98 Å². The fraction of sp³-hybridized carbons (Fsp3) is 0.458. The molecular weight excluding hydrogens is 528 g/mol. The van der Waals surface area contributed by atoms with Crippen LogP contribution in [0.5, 0.6) is 0 Å². The number of thiazole rings is 1. The first kappa shape index (κ1) is 26.5. The first-order chi connectivity index (χ1) is 18.5. The minimum Gasteiger partial charge on any atom is -0.395 e. The zero-order valence-electron chi connectivity index (χ0n) is 21.2. The van der Waals surface area contributed by atoms with E-state index in [0.717, 1.165) is 57.9 Å². The third kappa shape index (κ3) is 6.30. The summed E-state index contributed by atoms with van der Waals surface area (Å²) >= 11 is 7.48. The number of hydrogen-bond donors (Lipinski definition) is 4. The van der Waals surface area contributed by atoms with Crippen molar-refractivity contribution in [2.75, 3.05) is 85.9 Å². The van der Waals surface area contributed by atoms with Crippen LogP contribution in [0.15, 0.2) is 24.4 Å². The zero-order valence-corrected chi connectivity index (χ0v) is 22.7. The number of halogens is 1. The molecule has 3 aromatic rings. The van der Waals surface area contributed by atoms with E-state index in [1.807, 2.05) is 19.1 Å². The summed E-state index contributed by atoms with van der Waals surface area (Å²) in [6.07, 6.45) is 1.52. The van der Waals surface area contributed by atoms with Gasteiger partial charge in [0.25, 0.3) is 5.91 Å². The molecular formula is C24H31ClN10O2S. The second-order valence-corrected chi connectivity index (χ2v) is 10.5. The Morgan fingerprint density at radius 3 is 2.47 bits per heavy atom. The van der Waals surface area contributed by atoms with Crippen LogP contribution in [-0.2, 0) is 0 Å². The number of β-amino-alcohol motifs (C(OH)–C–C–N with tert-alkyl or cyclic N) is 1. The highest BCUT2D eigenvalue weighted by Gasteiger charge is 2.23. The van der Waals surface area contributed by atoms with E-state index in [1.54, 1.807) is 6.07 Å². The van der Waals surface area contributed by atoms with Gasteiger partial charge in [-0.05, 0) is 18.6 Å². The molecule has 2 aliphatic heterocycles. The molecule has 202 valence electrons. The van der Waals surface area contributed by atoms with Gasteiger partial charge in [0, 0.05) is 58.9 Å². The number of carbonyl (C=O) groups excluding carboxylic acids is 1. The Bertz CT molecular complexity index is 1240. The number of nitrogens with zero attached hydrogens (tertiary/aromatic N) is 7. The van der Waals surface area contributed by atoms with Gasteiger partial charge < -0.3 is 25.5 Å². The summed E-state index contributed by atoms with van der Waals surface area (Å²) < 4.78 is 0. The summed E-state index contributed by atoms with van der Waals surface area (Å²) in [5, 5.41) is 19.6. The predicted molar refractivity (Wildman–Crippen MR) is 150 cm³/mol. The Balaban J connectivity index is 1.34. The van der Waals surface area contributed by atoms with E-state index in [1.165, 1.54) is 17.5 Å². The third-order valence-electron chi connectivity index (χ3n) is 6.49. The van der Waals surface area contributed by atoms with Crippen LogP contribution >= 0.6 is 22.9 Å². The highest BCUT2D eigenvalue weighted by atomic mass is 35.5. The van der Waals surface area contributed by atoms with Crippen LogP contribution in [0.3, 0.4) is 0 Å². The molecule has 38 heavy (non-hydrogen) atoms. The number of nitrogens with one attached hydrogen (secondary N) is 3. The van der Waals surface area contributed by atoms with Gasteiger partial charge in [0.05, 0.1) is 23.5 Å². The Kier molecular flexibility index (Phi) is 8.49. The Hall–Kier alpha value is -3.10. The number of rotatable bonds is 8. The summed E-state index contributed by atoms with van der Waals surface area (Å²) in [7, 11) is 0. The standard InChI is InChI=1S/C24H31ClN10O2S/c1-16-3-2-4-17(25)19(16)28-20(37)18-15-27-24(38-18)31-21-29-22(34-7-5-26-6-8-34)32-23(30-21)35-11-9-33(10-12-35)13-14-36/h2-4,15,26,36H,5-14H2,1H3,(H,28,37)(H,27,29,30,31,32). The van der Waals surface area contributed by atoms with Crippen LogP contribution in [0.1, 0.15) is 15.2 Å². The molecule has 2 fully saturated rings. The maximum absolute atomic E-state index is 12.9. The lowest BCUT2D eigenvalue weighted by Crippen LogP contribution is -2.48. The van der Waals surface area contributed by atoms with Crippen molar-refractivity contribution in [2.24, 2.45) is 0 Å². The van der Waals surface area contributed by atoms with Gasteiger partial charge >= 0.3 is 0 Å². The van der Waals surface area contributed by atoms with Crippen molar-refractivity contribution < 1.29 is 9.90 Å². The SMILES string of the molecule is Cc1cccc(Cl)c1NC(=O)c1cnc(Nc2nc(N3CCNCC3)nc(N3CCN(CCO)CC3)n2)s1. The van der Waals surface area contributed by atoms with Crippen molar-refractivity contribution in [3.05, 3.63) is 39.9 Å². The molecule has 12 nitrogen and oxygen atoms in total. The van der Waals surface area contributed by atoms with E-state index in [4.69, 9.17) is 21.6 Å². The summed E-state index contributed by atoms with van der Waals surface area (Å²) in [5.41, 5.74) is 1.47. The first-order valence-corrected chi connectivity index (χ1v) is 13.8. The quantitative estimate of drug-likeness (QED) is 0.322. The molecule has 4 N–H and O–H groups in total. The number of para-hydroxylation sites is 1. The van der Waals surface area contributed by atoms with Gasteiger partial charge in [0.2, 0.25) is 17.8 Å². The molecule has 14 heteroatoms.